The molecule has 0 aromatic carbocycles. The van der Waals surface area contributed by atoms with Gasteiger partial charge in [0.15, 0.2) is 0 Å². The lowest BCUT2D eigenvalue weighted by Gasteiger charge is -2.13. The minimum Gasteiger partial charge on any atom is -0.376 e. The first-order valence-corrected chi connectivity index (χ1v) is 6.93. The average Bonchev–Trinajstić information content (AvgIpc) is 2.86. The van der Waals surface area contributed by atoms with Gasteiger partial charge in [-0.25, -0.2) is 4.98 Å². The summed E-state index contributed by atoms with van der Waals surface area (Å²) in [7, 11) is 0. The molecule has 0 unspecified atom stereocenters. The number of anilines is 1. The molecule has 112 valence electrons. The van der Waals surface area contributed by atoms with E-state index >= 15 is 0 Å². The van der Waals surface area contributed by atoms with Gasteiger partial charge in [-0.15, -0.1) is 0 Å². The molecular formula is C13H16ClF3N2O. The number of aromatic nitrogens is 1. The van der Waals surface area contributed by atoms with Crippen LogP contribution in [0.4, 0.5) is 19.0 Å². The Balaban J connectivity index is 1.84. The maximum absolute atomic E-state index is 12.6. The van der Waals surface area contributed by atoms with Gasteiger partial charge in [-0.05, 0) is 25.0 Å². The zero-order chi connectivity index (χ0) is 14.6. The number of alkyl halides is 3. The maximum Gasteiger partial charge on any atom is 0.416 e. The molecule has 1 N–H and O–H groups in total. The van der Waals surface area contributed by atoms with Crippen molar-refractivity contribution in [2.75, 3.05) is 18.5 Å². The van der Waals surface area contributed by atoms with Crippen molar-refractivity contribution >= 4 is 17.4 Å². The van der Waals surface area contributed by atoms with E-state index in [0.717, 1.165) is 25.0 Å². The quantitative estimate of drug-likeness (QED) is 0.656. The van der Waals surface area contributed by atoms with Gasteiger partial charge < -0.3 is 10.1 Å². The van der Waals surface area contributed by atoms with Crippen LogP contribution >= 0.6 is 11.6 Å². The van der Waals surface area contributed by atoms with Crippen LogP contribution in [-0.4, -0.2) is 24.2 Å². The predicted octanol–water partition coefficient (Wildman–Crippen LogP) is 4.12. The standard InChI is InChI=1S/C13H16ClF3N2O/c14-11-7-9(13(15,16)17)8-12(19-11)18-5-6-20-10-3-1-2-4-10/h7-8,10H,1-6H2,(H,18,19). The normalized spacial score (nSPS) is 16.6. The monoisotopic (exact) mass is 308 g/mol. The fraction of sp³-hybridized carbons (Fsp3) is 0.615. The Morgan fingerprint density at radius 1 is 1.30 bits per heavy atom. The highest BCUT2D eigenvalue weighted by Crippen LogP contribution is 2.31. The molecule has 0 bridgehead atoms. The fourth-order valence-electron chi connectivity index (χ4n) is 2.21. The van der Waals surface area contributed by atoms with E-state index in [-0.39, 0.29) is 17.1 Å². The van der Waals surface area contributed by atoms with Crippen LogP contribution in [0.2, 0.25) is 5.15 Å². The SMILES string of the molecule is FC(F)(F)c1cc(Cl)nc(NCCOC2CCCC2)c1. The van der Waals surface area contributed by atoms with Crippen LogP contribution in [-0.2, 0) is 10.9 Å². The molecule has 3 nitrogen and oxygen atoms in total. The van der Waals surface area contributed by atoms with Crippen molar-refractivity contribution < 1.29 is 17.9 Å². The molecule has 1 aliphatic carbocycles. The third-order valence-electron chi connectivity index (χ3n) is 3.19. The number of ether oxygens (including phenoxy) is 1. The van der Waals surface area contributed by atoms with E-state index in [2.05, 4.69) is 10.3 Å². The van der Waals surface area contributed by atoms with E-state index in [4.69, 9.17) is 16.3 Å². The smallest absolute Gasteiger partial charge is 0.376 e. The van der Waals surface area contributed by atoms with Crippen molar-refractivity contribution in [1.29, 1.82) is 0 Å². The lowest BCUT2D eigenvalue weighted by Crippen LogP contribution is -2.16. The molecule has 0 amide bonds. The molecule has 1 aromatic heterocycles. The minimum absolute atomic E-state index is 0.111. The summed E-state index contributed by atoms with van der Waals surface area (Å²) in [5, 5.41) is 2.62. The van der Waals surface area contributed by atoms with Gasteiger partial charge in [-0.2, -0.15) is 13.2 Å². The first-order chi connectivity index (χ1) is 9.45. The largest absolute Gasteiger partial charge is 0.416 e. The van der Waals surface area contributed by atoms with Crippen molar-refractivity contribution in [3.8, 4) is 0 Å². The molecule has 2 rings (SSSR count). The van der Waals surface area contributed by atoms with Gasteiger partial charge in [0.25, 0.3) is 0 Å². The molecular weight excluding hydrogens is 293 g/mol. The average molecular weight is 309 g/mol. The van der Waals surface area contributed by atoms with E-state index in [1.807, 2.05) is 0 Å². The van der Waals surface area contributed by atoms with Crippen LogP contribution in [0.1, 0.15) is 31.2 Å². The summed E-state index contributed by atoms with van der Waals surface area (Å²) in [6, 6.07) is 1.75. The molecule has 1 heterocycles. The molecule has 0 atom stereocenters. The molecule has 1 fully saturated rings. The highest BCUT2D eigenvalue weighted by atomic mass is 35.5. The van der Waals surface area contributed by atoms with Gasteiger partial charge in [0, 0.05) is 6.54 Å². The van der Waals surface area contributed by atoms with E-state index in [9.17, 15) is 13.2 Å². The molecule has 7 heteroatoms. The van der Waals surface area contributed by atoms with Gasteiger partial charge in [-0.1, -0.05) is 24.4 Å². The first kappa shape index (κ1) is 15.4. The number of rotatable bonds is 5. The Morgan fingerprint density at radius 2 is 2.00 bits per heavy atom. The van der Waals surface area contributed by atoms with Crippen LogP contribution in [0, 0.1) is 0 Å². The van der Waals surface area contributed by atoms with Crippen LogP contribution in [0.3, 0.4) is 0 Å². The predicted molar refractivity (Wildman–Crippen MR) is 70.9 cm³/mol. The van der Waals surface area contributed by atoms with Gasteiger partial charge in [-0.3, -0.25) is 0 Å². The van der Waals surface area contributed by atoms with Gasteiger partial charge in [0.05, 0.1) is 18.3 Å². The number of halogens is 4. The highest BCUT2D eigenvalue weighted by Gasteiger charge is 2.31. The Bertz CT molecular complexity index is 448. The molecule has 0 spiro atoms. The Labute approximate surface area is 120 Å². The Morgan fingerprint density at radius 3 is 2.65 bits per heavy atom. The zero-order valence-electron chi connectivity index (χ0n) is 10.8. The lowest BCUT2D eigenvalue weighted by atomic mass is 10.2. The second kappa shape index (κ2) is 6.63. The molecule has 1 saturated carbocycles. The fourth-order valence-corrected chi connectivity index (χ4v) is 2.42. The molecule has 0 aliphatic heterocycles. The summed E-state index contributed by atoms with van der Waals surface area (Å²) in [5.41, 5.74) is -0.809. The Hall–Kier alpha value is -1.01. The van der Waals surface area contributed by atoms with Crippen LogP contribution in [0.15, 0.2) is 12.1 Å². The van der Waals surface area contributed by atoms with Crippen LogP contribution in [0.5, 0.6) is 0 Å². The van der Waals surface area contributed by atoms with Gasteiger partial charge in [0.1, 0.15) is 11.0 Å². The van der Waals surface area contributed by atoms with Gasteiger partial charge in [0.2, 0.25) is 0 Å². The number of hydrogen-bond acceptors (Lipinski definition) is 3. The van der Waals surface area contributed by atoms with Crippen LogP contribution < -0.4 is 5.32 Å². The second-order valence-corrected chi connectivity index (χ2v) is 5.15. The summed E-state index contributed by atoms with van der Waals surface area (Å²) < 4.78 is 43.4. The summed E-state index contributed by atoms with van der Waals surface area (Å²) >= 11 is 5.59. The third kappa shape index (κ3) is 4.52. The van der Waals surface area contributed by atoms with E-state index in [0.29, 0.717) is 13.2 Å². The maximum atomic E-state index is 12.6. The van der Waals surface area contributed by atoms with Crippen molar-refractivity contribution in [3.63, 3.8) is 0 Å². The van der Waals surface area contributed by atoms with Crippen molar-refractivity contribution in [2.24, 2.45) is 0 Å². The lowest BCUT2D eigenvalue weighted by molar-refractivity contribution is -0.137. The van der Waals surface area contributed by atoms with E-state index in [1.54, 1.807) is 0 Å². The summed E-state index contributed by atoms with van der Waals surface area (Å²) in [6.07, 6.45) is 0.353. The molecule has 0 radical (unpaired) electrons. The molecule has 0 saturated heterocycles. The van der Waals surface area contributed by atoms with Crippen molar-refractivity contribution in [1.82, 2.24) is 4.98 Å². The minimum atomic E-state index is -4.43. The first-order valence-electron chi connectivity index (χ1n) is 6.55. The summed E-state index contributed by atoms with van der Waals surface area (Å²) in [6.45, 7) is 0.849. The zero-order valence-corrected chi connectivity index (χ0v) is 11.6. The number of nitrogens with zero attached hydrogens (tertiary/aromatic N) is 1. The van der Waals surface area contributed by atoms with E-state index < -0.39 is 11.7 Å². The van der Waals surface area contributed by atoms with Crippen molar-refractivity contribution in [3.05, 3.63) is 22.8 Å². The number of pyridine rings is 1. The number of nitrogens with one attached hydrogen (secondary N) is 1. The van der Waals surface area contributed by atoms with Crippen molar-refractivity contribution in [2.45, 2.75) is 38.0 Å². The summed E-state index contributed by atoms with van der Waals surface area (Å²) in [4.78, 5) is 3.82. The molecule has 1 aliphatic rings. The molecule has 20 heavy (non-hydrogen) atoms. The summed E-state index contributed by atoms with van der Waals surface area (Å²) in [5.74, 6) is 0.111. The topological polar surface area (TPSA) is 34.2 Å². The third-order valence-corrected chi connectivity index (χ3v) is 3.38. The Kier molecular flexibility index (Phi) is 5.10. The van der Waals surface area contributed by atoms with Crippen LogP contribution in [0.25, 0.3) is 0 Å². The highest BCUT2D eigenvalue weighted by molar-refractivity contribution is 6.29. The van der Waals surface area contributed by atoms with Gasteiger partial charge >= 0.3 is 6.18 Å². The molecule has 1 aromatic rings. The number of hydrogen-bond donors (Lipinski definition) is 1. The second-order valence-electron chi connectivity index (χ2n) is 4.77. The van der Waals surface area contributed by atoms with E-state index in [1.165, 1.54) is 12.8 Å².